The van der Waals surface area contributed by atoms with Crippen LogP contribution in [0, 0.1) is 0 Å². The van der Waals surface area contributed by atoms with Gasteiger partial charge in [-0.1, -0.05) is 249 Å². The molecule has 0 aromatic rings. The normalized spacial score (nSPS) is 13.1. The van der Waals surface area contributed by atoms with E-state index in [1.165, 1.54) is 225 Å². The average molecular weight is 800 g/mol. The van der Waals surface area contributed by atoms with Crippen LogP contribution in [0.1, 0.15) is 277 Å². The standard InChI is InChI=1S/C53H101NO3/c1-3-5-7-9-11-13-15-17-19-21-23-24-25-26-27-28-29-31-32-34-36-38-40-42-44-46-48-52(56)51(50-55)54-53(57)49-47-45-43-41-39-37-35-33-30-22-20-18-16-14-12-10-8-6-4-2/h18,20,38,40,46,48,51-52,55-56H,3-17,19,21-37,39,41-45,47,49-50H2,1-2H3,(H,54,57)/b20-18-,40-38+,48-46+. The Kier molecular flexibility index (Phi) is 47.8. The van der Waals surface area contributed by atoms with E-state index in [0.717, 1.165) is 32.1 Å². The molecule has 3 N–H and O–H groups in total. The van der Waals surface area contributed by atoms with Crippen LogP contribution in [-0.4, -0.2) is 34.9 Å². The summed E-state index contributed by atoms with van der Waals surface area (Å²) in [6, 6.07) is -0.640. The lowest BCUT2D eigenvalue weighted by molar-refractivity contribution is -0.123. The summed E-state index contributed by atoms with van der Waals surface area (Å²) in [7, 11) is 0. The van der Waals surface area contributed by atoms with E-state index >= 15 is 0 Å². The molecule has 0 aromatic carbocycles. The number of hydrogen-bond acceptors (Lipinski definition) is 3. The van der Waals surface area contributed by atoms with E-state index in [9.17, 15) is 15.0 Å². The van der Waals surface area contributed by atoms with Crippen molar-refractivity contribution in [2.45, 2.75) is 289 Å². The lowest BCUT2D eigenvalue weighted by Crippen LogP contribution is -2.45. The predicted octanol–water partition coefficient (Wildman–Crippen LogP) is 16.5. The number of hydrogen-bond donors (Lipinski definition) is 3. The quantitative estimate of drug-likeness (QED) is 0.0424. The maximum atomic E-state index is 12.4. The molecule has 0 bridgehead atoms. The summed E-state index contributed by atoms with van der Waals surface area (Å²) in [6.07, 6.45) is 65.7. The molecule has 0 fully saturated rings. The summed E-state index contributed by atoms with van der Waals surface area (Å²) in [4.78, 5) is 12.4. The highest BCUT2D eigenvalue weighted by Gasteiger charge is 2.17. The van der Waals surface area contributed by atoms with Crippen molar-refractivity contribution >= 4 is 5.91 Å². The van der Waals surface area contributed by atoms with Gasteiger partial charge in [0, 0.05) is 6.42 Å². The third-order valence-corrected chi connectivity index (χ3v) is 11.8. The van der Waals surface area contributed by atoms with Gasteiger partial charge in [-0.15, -0.1) is 0 Å². The van der Waals surface area contributed by atoms with E-state index in [2.05, 4.69) is 43.5 Å². The van der Waals surface area contributed by atoms with Crippen LogP contribution in [0.5, 0.6) is 0 Å². The smallest absolute Gasteiger partial charge is 0.220 e. The van der Waals surface area contributed by atoms with E-state index in [4.69, 9.17) is 0 Å². The molecular formula is C53H101NO3. The van der Waals surface area contributed by atoms with Crippen molar-refractivity contribution in [3.63, 3.8) is 0 Å². The molecule has 4 nitrogen and oxygen atoms in total. The fourth-order valence-corrected chi connectivity index (χ4v) is 7.90. The van der Waals surface area contributed by atoms with Crippen LogP contribution in [0.25, 0.3) is 0 Å². The van der Waals surface area contributed by atoms with Crippen molar-refractivity contribution < 1.29 is 15.0 Å². The Morgan fingerprint density at radius 2 is 0.684 bits per heavy atom. The number of aliphatic hydroxyl groups excluding tert-OH is 2. The van der Waals surface area contributed by atoms with E-state index in [0.29, 0.717) is 6.42 Å². The maximum absolute atomic E-state index is 12.4. The molecule has 0 aromatic heterocycles. The fourth-order valence-electron chi connectivity index (χ4n) is 7.90. The number of nitrogens with one attached hydrogen (secondary N) is 1. The molecule has 0 saturated heterocycles. The number of allylic oxidation sites excluding steroid dienone is 5. The first-order valence-corrected chi connectivity index (χ1v) is 25.7. The highest BCUT2D eigenvalue weighted by molar-refractivity contribution is 5.76. The molecule has 0 aliphatic rings. The number of unbranched alkanes of at least 4 members (excludes halogenated alkanes) is 36. The van der Waals surface area contributed by atoms with E-state index in [-0.39, 0.29) is 12.5 Å². The van der Waals surface area contributed by atoms with Gasteiger partial charge in [0.25, 0.3) is 0 Å². The van der Waals surface area contributed by atoms with Crippen LogP contribution in [0.15, 0.2) is 36.5 Å². The highest BCUT2D eigenvalue weighted by Crippen LogP contribution is 2.16. The first kappa shape index (κ1) is 55.6. The lowest BCUT2D eigenvalue weighted by atomic mass is 10.0. The van der Waals surface area contributed by atoms with Gasteiger partial charge in [0.15, 0.2) is 0 Å². The second-order valence-electron chi connectivity index (χ2n) is 17.6. The van der Waals surface area contributed by atoms with Crippen LogP contribution >= 0.6 is 0 Å². The molecule has 57 heavy (non-hydrogen) atoms. The molecule has 336 valence electrons. The fraction of sp³-hybridized carbons (Fsp3) is 0.868. The summed E-state index contributed by atoms with van der Waals surface area (Å²) in [6.45, 7) is 4.32. The first-order valence-electron chi connectivity index (χ1n) is 25.7. The number of carbonyl (C=O) groups is 1. The van der Waals surface area contributed by atoms with E-state index in [1.54, 1.807) is 6.08 Å². The molecule has 0 saturated carbocycles. The Balaban J connectivity index is 3.54. The lowest BCUT2D eigenvalue weighted by Gasteiger charge is -2.19. The van der Waals surface area contributed by atoms with Gasteiger partial charge >= 0.3 is 0 Å². The zero-order valence-corrected chi connectivity index (χ0v) is 38.6. The molecule has 0 radical (unpaired) electrons. The van der Waals surface area contributed by atoms with Gasteiger partial charge in [-0.2, -0.15) is 0 Å². The van der Waals surface area contributed by atoms with Gasteiger partial charge in [0.1, 0.15) is 0 Å². The molecule has 2 atom stereocenters. The van der Waals surface area contributed by atoms with Gasteiger partial charge in [-0.3, -0.25) is 4.79 Å². The van der Waals surface area contributed by atoms with E-state index in [1.807, 2.05) is 6.08 Å². The zero-order chi connectivity index (χ0) is 41.4. The summed E-state index contributed by atoms with van der Waals surface area (Å²) in [5.41, 5.74) is 0. The minimum Gasteiger partial charge on any atom is -0.394 e. The summed E-state index contributed by atoms with van der Waals surface area (Å²) >= 11 is 0. The third kappa shape index (κ3) is 45.5. The summed E-state index contributed by atoms with van der Waals surface area (Å²) < 4.78 is 0. The van der Waals surface area contributed by atoms with Crippen molar-refractivity contribution in [2.24, 2.45) is 0 Å². The van der Waals surface area contributed by atoms with Crippen LogP contribution in [0.3, 0.4) is 0 Å². The molecule has 0 aliphatic carbocycles. The molecule has 2 unspecified atom stereocenters. The Labute approximate surface area is 357 Å². The maximum Gasteiger partial charge on any atom is 0.220 e. The summed E-state index contributed by atoms with van der Waals surface area (Å²) in [5, 5.41) is 23.1. The Hall–Kier alpha value is -1.39. The second kappa shape index (κ2) is 49.0. The van der Waals surface area contributed by atoms with Gasteiger partial charge in [-0.25, -0.2) is 0 Å². The van der Waals surface area contributed by atoms with Crippen LogP contribution in [0.2, 0.25) is 0 Å². The molecule has 4 heteroatoms. The minimum absolute atomic E-state index is 0.0736. The molecular weight excluding hydrogens is 699 g/mol. The monoisotopic (exact) mass is 800 g/mol. The van der Waals surface area contributed by atoms with Crippen molar-refractivity contribution in [1.82, 2.24) is 5.32 Å². The van der Waals surface area contributed by atoms with Crippen molar-refractivity contribution in [3.05, 3.63) is 36.5 Å². The third-order valence-electron chi connectivity index (χ3n) is 11.8. The number of aliphatic hydroxyl groups is 2. The van der Waals surface area contributed by atoms with E-state index < -0.39 is 12.1 Å². The zero-order valence-electron chi connectivity index (χ0n) is 38.6. The minimum atomic E-state index is -0.863. The second-order valence-corrected chi connectivity index (χ2v) is 17.6. The Morgan fingerprint density at radius 1 is 0.404 bits per heavy atom. The predicted molar refractivity (Wildman–Crippen MR) is 253 cm³/mol. The summed E-state index contributed by atoms with van der Waals surface area (Å²) in [5.74, 6) is -0.0736. The van der Waals surface area contributed by atoms with Crippen molar-refractivity contribution in [3.8, 4) is 0 Å². The Morgan fingerprint density at radius 3 is 1.02 bits per heavy atom. The SMILES string of the molecule is CCCCCCCC/C=C\CCCCCCCCCCCC(=O)NC(CO)C(O)/C=C/CC/C=C/CCCCCCCCCCCCCCCCCCCCCC. The number of rotatable bonds is 47. The van der Waals surface area contributed by atoms with Crippen molar-refractivity contribution in [2.75, 3.05) is 6.61 Å². The van der Waals surface area contributed by atoms with Gasteiger partial charge in [0.05, 0.1) is 18.8 Å². The topological polar surface area (TPSA) is 69.6 Å². The number of carbonyl (C=O) groups excluding carboxylic acids is 1. The average Bonchev–Trinajstić information content (AvgIpc) is 3.22. The van der Waals surface area contributed by atoms with Crippen molar-refractivity contribution in [1.29, 1.82) is 0 Å². The van der Waals surface area contributed by atoms with Crippen LogP contribution in [-0.2, 0) is 4.79 Å². The van der Waals surface area contributed by atoms with Gasteiger partial charge in [-0.05, 0) is 57.8 Å². The molecule has 1 amide bonds. The largest absolute Gasteiger partial charge is 0.394 e. The number of amides is 1. The molecule has 0 aliphatic heterocycles. The Bertz CT molecular complexity index is 866. The van der Waals surface area contributed by atoms with Gasteiger partial charge < -0.3 is 15.5 Å². The molecule has 0 rings (SSSR count). The van der Waals surface area contributed by atoms with Crippen LogP contribution < -0.4 is 5.32 Å². The highest BCUT2D eigenvalue weighted by atomic mass is 16.3. The van der Waals surface area contributed by atoms with Crippen LogP contribution in [0.4, 0.5) is 0 Å². The van der Waals surface area contributed by atoms with Gasteiger partial charge in [0.2, 0.25) is 5.91 Å². The molecule has 0 spiro atoms. The first-order chi connectivity index (χ1) is 28.2. The molecule has 0 heterocycles.